The molecule has 0 bridgehead atoms. The number of phenolic OH excluding ortho intramolecular Hbond substituents is 1. The van der Waals surface area contributed by atoms with Gasteiger partial charge in [-0.1, -0.05) is 12.1 Å². The van der Waals surface area contributed by atoms with Gasteiger partial charge in [0.1, 0.15) is 59.1 Å². The fourth-order valence-corrected chi connectivity index (χ4v) is 4.90. The van der Waals surface area contributed by atoms with Crippen molar-refractivity contribution in [1.82, 2.24) is 0 Å². The minimum atomic E-state index is -1.92. The molecule has 5 rings (SSSR count). The first-order valence-corrected chi connectivity index (χ1v) is 13.1. The van der Waals surface area contributed by atoms with E-state index in [9.17, 15) is 40.5 Å². The molecule has 8 atom stereocenters. The maximum atomic E-state index is 13.3. The number of aliphatic hydroxyl groups excluding tert-OH is 5. The molecule has 3 aromatic rings. The molecule has 2 saturated heterocycles. The van der Waals surface area contributed by atoms with Crippen LogP contribution in [0.25, 0.3) is 22.1 Å². The summed E-state index contributed by atoms with van der Waals surface area (Å²) in [5.74, 6) is -0.114. The van der Waals surface area contributed by atoms with Gasteiger partial charge in [0.05, 0.1) is 39.6 Å². The number of phenols is 1. The molecule has 2 aromatic carbocycles. The van der Waals surface area contributed by atoms with Gasteiger partial charge in [-0.2, -0.15) is 0 Å². The molecule has 0 saturated carbocycles. The van der Waals surface area contributed by atoms with Crippen molar-refractivity contribution in [2.24, 2.45) is 0 Å². The van der Waals surface area contributed by atoms with E-state index < -0.39 is 79.7 Å². The Bertz CT molecular complexity index is 1490. The second kappa shape index (κ2) is 12.2. The average Bonchev–Trinajstić information content (AvgIpc) is 3.30. The molecular weight excluding hydrogens is 576 g/mol. The first-order valence-electron chi connectivity index (χ1n) is 13.1. The van der Waals surface area contributed by atoms with Crippen LogP contribution in [-0.4, -0.2) is 118 Å². The predicted molar refractivity (Wildman–Crippen MR) is 144 cm³/mol. The molecule has 15 heteroatoms. The summed E-state index contributed by atoms with van der Waals surface area (Å²) in [5, 5.41) is 71.3. The maximum Gasteiger partial charge on any atom is 0.229 e. The van der Waals surface area contributed by atoms with E-state index in [-0.39, 0.29) is 33.8 Å². The molecule has 0 amide bonds. The normalized spacial score (nSPS) is 30.8. The van der Waals surface area contributed by atoms with Crippen molar-refractivity contribution in [1.29, 1.82) is 0 Å². The molecule has 8 unspecified atom stereocenters. The Morgan fingerprint density at radius 1 is 1.00 bits per heavy atom. The molecule has 2 aliphatic rings. The Balaban J connectivity index is 1.30. The summed E-state index contributed by atoms with van der Waals surface area (Å²) in [6.07, 6.45) is -9.37. The van der Waals surface area contributed by atoms with E-state index in [1.807, 2.05) is 0 Å². The Labute approximate surface area is 243 Å². The summed E-state index contributed by atoms with van der Waals surface area (Å²) in [6, 6.07) is 7.39. The third-order valence-electron chi connectivity index (χ3n) is 7.47. The highest BCUT2D eigenvalue weighted by molar-refractivity contribution is 5.91. The molecule has 2 aliphatic heterocycles. The fraction of sp³-hybridized carbons (Fsp3) is 0.464. The topological polar surface area (TPSA) is 227 Å². The molecule has 3 heterocycles. The van der Waals surface area contributed by atoms with Crippen LogP contribution in [0.5, 0.6) is 23.0 Å². The maximum absolute atomic E-state index is 13.3. The van der Waals surface area contributed by atoms with Crippen LogP contribution in [0, 0.1) is 0 Å². The number of benzene rings is 2. The molecule has 2 fully saturated rings. The van der Waals surface area contributed by atoms with Crippen molar-refractivity contribution in [3.63, 3.8) is 0 Å². The molecule has 0 radical (unpaired) electrons. The lowest BCUT2D eigenvalue weighted by molar-refractivity contribution is -0.289. The zero-order chi connectivity index (χ0) is 31.1. The summed E-state index contributed by atoms with van der Waals surface area (Å²) in [6.45, 7) is -1.60. The van der Waals surface area contributed by atoms with E-state index in [4.69, 9.17) is 32.8 Å². The number of aliphatic hydroxyl groups is 6. The number of methoxy groups -OCH3 is 2. The standard InChI is InChI=1S/C28H32O15/c1-37-16-7-15-18(21(32)24(16)38-2)19(30)14(8-39-15)12-3-5-13(6-4-12)42-26-23(34)22(33)20(31)17(43-26)9-40-27-25(35)28(36,10-29)11-41-27/h3-8,17,20,22-23,25-27,29,31-36H,9-11H2,1-2H3. The van der Waals surface area contributed by atoms with Gasteiger partial charge in [0.2, 0.25) is 17.5 Å². The molecule has 43 heavy (non-hydrogen) atoms. The number of hydrogen-bond acceptors (Lipinski definition) is 15. The van der Waals surface area contributed by atoms with Crippen LogP contribution in [0.15, 0.2) is 45.8 Å². The predicted octanol–water partition coefficient (Wildman–Crippen LogP) is -1.17. The molecule has 7 N–H and O–H groups in total. The van der Waals surface area contributed by atoms with Crippen molar-refractivity contribution in [2.45, 2.75) is 48.7 Å². The molecule has 0 spiro atoms. The van der Waals surface area contributed by atoms with Gasteiger partial charge in [0.25, 0.3) is 0 Å². The van der Waals surface area contributed by atoms with Gasteiger partial charge in [-0.25, -0.2) is 0 Å². The summed E-state index contributed by atoms with van der Waals surface area (Å²) < 4.78 is 37.8. The van der Waals surface area contributed by atoms with Gasteiger partial charge in [-0.05, 0) is 17.7 Å². The second-order valence-corrected chi connectivity index (χ2v) is 10.2. The van der Waals surface area contributed by atoms with Gasteiger partial charge in [0, 0.05) is 6.07 Å². The second-order valence-electron chi connectivity index (χ2n) is 10.2. The highest BCUT2D eigenvalue weighted by Crippen LogP contribution is 2.42. The smallest absolute Gasteiger partial charge is 0.229 e. The summed E-state index contributed by atoms with van der Waals surface area (Å²) in [7, 11) is 2.70. The van der Waals surface area contributed by atoms with Gasteiger partial charge >= 0.3 is 0 Å². The van der Waals surface area contributed by atoms with Crippen molar-refractivity contribution >= 4 is 11.0 Å². The molecule has 1 aromatic heterocycles. The number of aromatic hydroxyl groups is 1. The summed E-state index contributed by atoms with van der Waals surface area (Å²) in [4.78, 5) is 13.3. The number of hydrogen-bond donors (Lipinski definition) is 7. The summed E-state index contributed by atoms with van der Waals surface area (Å²) in [5.41, 5.74) is -1.84. The number of fused-ring (bicyclic) bond motifs is 1. The van der Waals surface area contributed by atoms with Crippen LogP contribution in [0.4, 0.5) is 0 Å². The quantitative estimate of drug-likeness (QED) is 0.152. The van der Waals surface area contributed by atoms with E-state index in [1.165, 1.54) is 50.8 Å². The van der Waals surface area contributed by atoms with E-state index in [0.717, 1.165) is 0 Å². The fourth-order valence-electron chi connectivity index (χ4n) is 4.90. The average molecular weight is 609 g/mol. The largest absolute Gasteiger partial charge is 0.504 e. The van der Waals surface area contributed by atoms with Crippen molar-refractivity contribution in [3.05, 3.63) is 46.8 Å². The van der Waals surface area contributed by atoms with E-state index in [0.29, 0.717) is 5.56 Å². The van der Waals surface area contributed by atoms with Crippen LogP contribution in [0.3, 0.4) is 0 Å². The SMILES string of the molecule is COc1cc2occ(-c3ccc(OC4OC(COC5OCC(O)(CO)C5O)C(O)C(O)C4O)cc3)c(=O)c2c(O)c1OC. The number of ether oxygens (including phenoxy) is 6. The highest BCUT2D eigenvalue weighted by Gasteiger charge is 2.50. The highest BCUT2D eigenvalue weighted by atomic mass is 16.7. The van der Waals surface area contributed by atoms with Crippen molar-refractivity contribution < 1.29 is 68.6 Å². The van der Waals surface area contributed by atoms with Crippen molar-refractivity contribution in [2.75, 3.05) is 34.0 Å². The first kappa shape index (κ1) is 30.9. The van der Waals surface area contributed by atoms with Crippen LogP contribution < -0.4 is 19.6 Å². The minimum Gasteiger partial charge on any atom is -0.504 e. The third-order valence-corrected chi connectivity index (χ3v) is 7.47. The van der Waals surface area contributed by atoms with Crippen LogP contribution in [0.2, 0.25) is 0 Å². The van der Waals surface area contributed by atoms with E-state index >= 15 is 0 Å². The van der Waals surface area contributed by atoms with Crippen molar-refractivity contribution in [3.8, 4) is 34.1 Å². The monoisotopic (exact) mass is 608 g/mol. The van der Waals surface area contributed by atoms with Crippen LogP contribution in [0.1, 0.15) is 0 Å². The van der Waals surface area contributed by atoms with E-state index in [2.05, 4.69) is 0 Å². The minimum absolute atomic E-state index is 0.0242. The van der Waals surface area contributed by atoms with Gasteiger partial charge in [0.15, 0.2) is 17.8 Å². The Morgan fingerprint density at radius 2 is 1.72 bits per heavy atom. The van der Waals surface area contributed by atoms with Crippen LogP contribution >= 0.6 is 0 Å². The van der Waals surface area contributed by atoms with Gasteiger partial charge in [-0.15, -0.1) is 0 Å². The zero-order valence-electron chi connectivity index (χ0n) is 23.0. The Hall–Kier alpha value is -3.51. The molecule has 15 nitrogen and oxygen atoms in total. The Morgan fingerprint density at radius 3 is 2.35 bits per heavy atom. The summed E-state index contributed by atoms with van der Waals surface area (Å²) >= 11 is 0. The Kier molecular flexibility index (Phi) is 8.80. The first-order chi connectivity index (χ1) is 20.5. The lowest BCUT2D eigenvalue weighted by atomic mass is 9.99. The molecular formula is C28H32O15. The lowest BCUT2D eigenvalue weighted by Gasteiger charge is -2.40. The van der Waals surface area contributed by atoms with E-state index in [1.54, 1.807) is 0 Å². The molecule has 234 valence electrons. The van der Waals surface area contributed by atoms with Crippen LogP contribution in [-0.2, 0) is 14.2 Å². The number of rotatable bonds is 9. The lowest BCUT2D eigenvalue weighted by Crippen LogP contribution is -2.60. The van der Waals surface area contributed by atoms with Gasteiger partial charge in [-0.3, -0.25) is 4.79 Å². The zero-order valence-corrected chi connectivity index (χ0v) is 23.0. The third kappa shape index (κ3) is 5.62. The molecule has 0 aliphatic carbocycles. The van der Waals surface area contributed by atoms with Gasteiger partial charge < -0.3 is 68.6 Å².